The van der Waals surface area contributed by atoms with Crippen LogP contribution in [0.5, 0.6) is 0 Å². The molecule has 2 aromatic carbocycles. The number of ether oxygens (including phenoxy) is 1. The number of carboxylic acids is 1. The number of nitrogens with zero attached hydrogens (tertiary/aromatic N) is 2. The molecule has 35 heavy (non-hydrogen) atoms. The Bertz CT molecular complexity index is 1330. The Balaban J connectivity index is 1.12. The van der Waals surface area contributed by atoms with Gasteiger partial charge in [0.05, 0.1) is 0 Å². The maximum absolute atomic E-state index is 13.0. The third-order valence-electron chi connectivity index (χ3n) is 7.41. The van der Waals surface area contributed by atoms with E-state index in [4.69, 9.17) is 4.74 Å². The van der Waals surface area contributed by atoms with Crippen LogP contribution >= 0.6 is 11.3 Å². The molecule has 2 bridgehead atoms. The second-order valence-electron chi connectivity index (χ2n) is 9.88. The molecule has 9 heteroatoms. The van der Waals surface area contributed by atoms with Crippen molar-refractivity contribution in [2.45, 2.75) is 31.2 Å². The molecule has 1 saturated carbocycles. The van der Waals surface area contributed by atoms with Gasteiger partial charge in [-0.05, 0) is 40.5 Å². The minimum atomic E-state index is -1.14. The summed E-state index contributed by atoms with van der Waals surface area (Å²) >= 11 is 1.10. The van der Waals surface area contributed by atoms with E-state index in [1.54, 1.807) is 0 Å². The molecule has 0 spiro atoms. The van der Waals surface area contributed by atoms with Crippen LogP contribution in [-0.2, 0) is 9.53 Å². The van der Waals surface area contributed by atoms with Crippen molar-refractivity contribution in [3.05, 3.63) is 70.7 Å². The van der Waals surface area contributed by atoms with Gasteiger partial charge in [-0.25, -0.2) is 14.6 Å². The molecule has 2 aliphatic heterocycles. The molecule has 0 unspecified atom stereocenters. The Hall–Kier alpha value is -3.72. The molecule has 178 valence electrons. The van der Waals surface area contributed by atoms with Crippen molar-refractivity contribution in [2.75, 3.05) is 18.5 Å². The number of rotatable bonds is 5. The number of carbonyl (C=O) groups is 3. The molecule has 2 N–H and O–H groups in total. The maximum atomic E-state index is 13.0. The molecule has 3 heterocycles. The van der Waals surface area contributed by atoms with Crippen molar-refractivity contribution in [2.24, 2.45) is 5.41 Å². The molecule has 3 aromatic rings. The van der Waals surface area contributed by atoms with E-state index in [2.05, 4.69) is 22.4 Å². The van der Waals surface area contributed by atoms with Gasteiger partial charge in [0.25, 0.3) is 5.91 Å². The maximum Gasteiger partial charge on any atom is 0.413 e. The molecule has 2 aliphatic carbocycles. The predicted molar refractivity (Wildman–Crippen MR) is 130 cm³/mol. The molecular formula is C26H23N3O5S. The van der Waals surface area contributed by atoms with Crippen LogP contribution in [0.15, 0.2) is 53.9 Å². The summed E-state index contributed by atoms with van der Waals surface area (Å²) in [5.74, 6) is -1.46. The number of anilines is 1. The van der Waals surface area contributed by atoms with E-state index < -0.39 is 23.5 Å². The fourth-order valence-electron chi connectivity index (χ4n) is 6.02. The van der Waals surface area contributed by atoms with E-state index in [0.717, 1.165) is 33.6 Å². The highest BCUT2D eigenvalue weighted by molar-refractivity contribution is 7.14. The molecule has 0 atom stereocenters. The number of aromatic nitrogens is 1. The van der Waals surface area contributed by atoms with Gasteiger partial charge < -0.3 is 14.7 Å². The Kier molecular flexibility index (Phi) is 4.76. The van der Waals surface area contributed by atoms with Gasteiger partial charge >= 0.3 is 12.1 Å². The Morgan fingerprint density at radius 3 is 2.37 bits per heavy atom. The lowest BCUT2D eigenvalue weighted by atomic mass is 9.63. The molecule has 2 saturated heterocycles. The minimum absolute atomic E-state index is 0.0585. The number of hydrogen-bond acceptors (Lipinski definition) is 6. The quantitative estimate of drug-likeness (QED) is 0.543. The molecule has 0 radical (unpaired) electrons. The van der Waals surface area contributed by atoms with Gasteiger partial charge in [-0.1, -0.05) is 55.5 Å². The first kappa shape index (κ1) is 21.8. The topological polar surface area (TPSA) is 109 Å². The molecular weight excluding hydrogens is 466 g/mol. The number of benzene rings is 2. The van der Waals surface area contributed by atoms with Crippen LogP contribution in [0.2, 0.25) is 0 Å². The van der Waals surface area contributed by atoms with E-state index in [9.17, 15) is 19.5 Å². The summed E-state index contributed by atoms with van der Waals surface area (Å²) < 4.78 is 5.54. The van der Waals surface area contributed by atoms with E-state index in [-0.39, 0.29) is 28.8 Å². The van der Waals surface area contributed by atoms with Crippen LogP contribution in [0.4, 0.5) is 9.93 Å². The number of thiazole rings is 1. The number of carbonyl (C=O) groups excluding carboxylic acids is 2. The summed E-state index contributed by atoms with van der Waals surface area (Å²) in [4.78, 5) is 43.1. The molecule has 7 rings (SSSR count). The van der Waals surface area contributed by atoms with Crippen LogP contribution in [0, 0.1) is 5.41 Å². The number of fused-ring (bicyclic) bond motifs is 4. The van der Waals surface area contributed by atoms with Crippen molar-refractivity contribution in [3.63, 3.8) is 0 Å². The summed E-state index contributed by atoms with van der Waals surface area (Å²) in [6.45, 7) is 2.56. The first-order valence-electron chi connectivity index (χ1n) is 11.4. The van der Waals surface area contributed by atoms with Gasteiger partial charge in [0.2, 0.25) is 0 Å². The van der Waals surface area contributed by atoms with Gasteiger partial charge in [-0.3, -0.25) is 10.1 Å². The van der Waals surface area contributed by atoms with Crippen LogP contribution in [0.1, 0.15) is 47.3 Å². The summed E-state index contributed by atoms with van der Waals surface area (Å²) in [7, 11) is 0. The molecule has 8 nitrogen and oxygen atoms in total. The van der Waals surface area contributed by atoms with E-state index >= 15 is 0 Å². The summed E-state index contributed by atoms with van der Waals surface area (Å²) in [6.07, 6.45) is 0.254. The molecule has 3 fully saturated rings. The molecule has 1 aromatic heterocycles. The lowest BCUT2D eigenvalue weighted by Gasteiger charge is -2.42. The van der Waals surface area contributed by atoms with Crippen LogP contribution in [-0.4, -0.2) is 51.7 Å². The second-order valence-corrected chi connectivity index (χ2v) is 10.7. The lowest BCUT2D eigenvalue weighted by Crippen LogP contribution is -2.56. The average molecular weight is 490 g/mol. The number of nitrogens with one attached hydrogen (secondary N) is 1. The van der Waals surface area contributed by atoms with Crippen LogP contribution in [0.25, 0.3) is 11.1 Å². The zero-order chi connectivity index (χ0) is 24.4. The van der Waals surface area contributed by atoms with Gasteiger partial charge in [0, 0.05) is 17.8 Å². The van der Waals surface area contributed by atoms with Crippen molar-refractivity contribution >= 4 is 34.4 Å². The monoisotopic (exact) mass is 489 g/mol. The number of hydrogen-bond donors (Lipinski definition) is 2. The van der Waals surface area contributed by atoms with Gasteiger partial charge in [0.1, 0.15) is 17.8 Å². The zero-order valence-electron chi connectivity index (χ0n) is 19.0. The summed E-state index contributed by atoms with van der Waals surface area (Å²) in [5, 5.41) is 14.1. The van der Waals surface area contributed by atoms with E-state index in [1.165, 1.54) is 10.3 Å². The van der Waals surface area contributed by atoms with Crippen molar-refractivity contribution in [1.29, 1.82) is 0 Å². The van der Waals surface area contributed by atoms with E-state index in [0.29, 0.717) is 19.4 Å². The van der Waals surface area contributed by atoms with Gasteiger partial charge in [-0.2, -0.15) is 0 Å². The van der Waals surface area contributed by atoms with Gasteiger partial charge in [0.15, 0.2) is 5.13 Å². The first-order valence-corrected chi connectivity index (χ1v) is 12.3. The normalized spacial score (nSPS) is 23.9. The SMILES string of the molecule is CC12CN(C(=O)c3csc(NC(=O)OCC4c5ccccc5-c5ccccc54)n3)C(C(=O)O)(C1)C2. The Morgan fingerprint density at radius 2 is 1.74 bits per heavy atom. The highest BCUT2D eigenvalue weighted by atomic mass is 32.1. The fourth-order valence-corrected chi connectivity index (χ4v) is 6.69. The van der Waals surface area contributed by atoms with Gasteiger partial charge in [-0.15, -0.1) is 11.3 Å². The highest BCUT2D eigenvalue weighted by Gasteiger charge is 2.68. The number of amides is 2. The summed E-state index contributed by atoms with van der Waals surface area (Å²) in [6, 6.07) is 16.2. The largest absolute Gasteiger partial charge is 0.479 e. The standard InChI is InChI=1S/C26H23N3O5S/c1-25-12-26(13-25,22(31)32)29(14-25)21(30)20-11-35-23(27-20)28-24(33)34-10-19-17-8-4-2-6-15(17)16-7-3-5-9-18(16)19/h2-9,11,19H,10,12-14H2,1H3,(H,31,32)(H,27,28,33). The van der Waals surface area contributed by atoms with Crippen molar-refractivity contribution in [3.8, 4) is 11.1 Å². The van der Waals surface area contributed by atoms with Crippen LogP contribution < -0.4 is 5.32 Å². The molecule has 4 aliphatic rings. The third kappa shape index (κ3) is 3.33. The van der Waals surface area contributed by atoms with Crippen LogP contribution in [0.3, 0.4) is 0 Å². The first-order chi connectivity index (χ1) is 16.8. The van der Waals surface area contributed by atoms with Crippen molar-refractivity contribution < 1.29 is 24.2 Å². The average Bonchev–Trinajstić information content (AvgIpc) is 3.56. The fraction of sp³-hybridized carbons (Fsp3) is 0.308. The number of carboxylic acid groups (broad SMARTS) is 1. The molecule has 2 amide bonds. The smallest absolute Gasteiger partial charge is 0.413 e. The number of aliphatic carboxylic acids is 1. The third-order valence-corrected chi connectivity index (χ3v) is 8.17. The Labute approximate surface area is 205 Å². The summed E-state index contributed by atoms with van der Waals surface area (Å²) in [5.41, 5.74) is 3.35. The van der Waals surface area contributed by atoms with Crippen molar-refractivity contribution in [1.82, 2.24) is 9.88 Å². The minimum Gasteiger partial charge on any atom is -0.479 e. The predicted octanol–water partition coefficient (Wildman–Crippen LogP) is 4.58. The Morgan fingerprint density at radius 1 is 1.11 bits per heavy atom. The zero-order valence-corrected chi connectivity index (χ0v) is 19.8. The lowest BCUT2D eigenvalue weighted by molar-refractivity contribution is -0.153. The highest BCUT2D eigenvalue weighted by Crippen LogP contribution is 2.59. The second kappa shape index (κ2) is 7.64. The van der Waals surface area contributed by atoms with E-state index in [1.807, 2.05) is 43.3 Å².